The fourth-order valence-corrected chi connectivity index (χ4v) is 0.647. The zero-order valence-corrected chi connectivity index (χ0v) is 7.85. The van der Waals surface area contributed by atoms with Gasteiger partial charge < -0.3 is 10.1 Å². The second kappa shape index (κ2) is 6.85. The van der Waals surface area contributed by atoms with Crippen molar-refractivity contribution in [1.82, 2.24) is 5.32 Å². The molecule has 0 fully saturated rings. The second-order valence-electron chi connectivity index (χ2n) is 2.68. The number of ether oxygens (including phenoxy) is 1. The number of carbonyl (C=O) groups is 1. The van der Waals surface area contributed by atoms with E-state index in [1.165, 1.54) is 0 Å². The first kappa shape index (κ1) is 11.2. The highest BCUT2D eigenvalue weighted by Crippen LogP contribution is 1.85. The van der Waals surface area contributed by atoms with Crippen molar-refractivity contribution in [2.45, 2.75) is 20.3 Å². The van der Waals surface area contributed by atoms with Gasteiger partial charge in [-0.1, -0.05) is 12.2 Å². The Balaban J connectivity index is 3.28. The Morgan fingerprint density at radius 1 is 1.58 bits per heavy atom. The average molecular weight is 171 g/mol. The van der Waals surface area contributed by atoms with Gasteiger partial charge in [-0.2, -0.15) is 0 Å². The summed E-state index contributed by atoms with van der Waals surface area (Å²) in [7, 11) is 0. The molecule has 70 valence electrons. The zero-order chi connectivity index (χ0) is 9.40. The molecule has 0 saturated carbocycles. The molecule has 0 radical (unpaired) electrons. The molecular formula is C9H17NO2. The Morgan fingerprint density at radius 2 is 2.25 bits per heavy atom. The molecule has 0 heterocycles. The summed E-state index contributed by atoms with van der Waals surface area (Å²) in [6.45, 7) is 9.18. The van der Waals surface area contributed by atoms with Crippen LogP contribution in [-0.2, 0) is 9.53 Å². The molecule has 0 spiro atoms. The molecule has 0 aliphatic heterocycles. The van der Waals surface area contributed by atoms with Crippen LogP contribution in [0.15, 0.2) is 12.2 Å². The summed E-state index contributed by atoms with van der Waals surface area (Å²) in [6, 6.07) is 0. The summed E-state index contributed by atoms with van der Waals surface area (Å²) in [5, 5.41) is 2.72. The van der Waals surface area contributed by atoms with Gasteiger partial charge in [0.2, 0.25) is 5.91 Å². The summed E-state index contributed by atoms with van der Waals surface area (Å²) in [6.07, 6.45) is 0.432. The van der Waals surface area contributed by atoms with Crippen LogP contribution in [-0.4, -0.2) is 25.7 Å². The lowest BCUT2D eigenvalue weighted by Crippen LogP contribution is -2.25. The number of amides is 1. The molecule has 1 N–H and O–H groups in total. The van der Waals surface area contributed by atoms with Gasteiger partial charge in [0, 0.05) is 19.6 Å². The van der Waals surface area contributed by atoms with Crippen molar-refractivity contribution in [2.75, 3.05) is 19.8 Å². The van der Waals surface area contributed by atoms with Crippen LogP contribution in [0.1, 0.15) is 20.3 Å². The molecule has 0 aliphatic carbocycles. The normalized spacial score (nSPS) is 9.50. The van der Waals surface area contributed by atoms with Gasteiger partial charge in [-0.25, -0.2) is 0 Å². The number of nitrogens with one attached hydrogen (secondary N) is 1. The Hall–Kier alpha value is -0.830. The standard InChI is InChI=1S/C9H17NO2/c1-4-12-6-5-9(11)10-7-8(2)3/h2,4-7H2,1,3H3,(H,10,11). The Labute approximate surface area is 73.8 Å². The Bertz CT molecular complexity index is 155. The summed E-state index contributed by atoms with van der Waals surface area (Å²) in [5.74, 6) is 0.0199. The highest BCUT2D eigenvalue weighted by atomic mass is 16.5. The van der Waals surface area contributed by atoms with Gasteiger partial charge in [0.05, 0.1) is 6.61 Å². The third-order valence-corrected chi connectivity index (χ3v) is 1.26. The molecule has 0 atom stereocenters. The van der Waals surface area contributed by atoms with Crippen molar-refractivity contribution in [3.8, 4) is 0 Å². The van der Waals surface area contributed by atoms with Crippen LogP contribution in [0.3, 0.4) is 0 Å². The smallest absolute Gasteiger partial charge is 0.222 e. The summed E-state index contributed by atoms with van der Waals surface area (Å²) in [4.78, 5) is 11.0. The van der Waals surface area contributed by atoms with E-state index < -0.39 is 0 Å². The van der Waals surface area contributed by atoms with Crippen LogP contribution in [0.25, 0.3) is 0 Å². The summed E-state index contributed by atoms with van der Waals surface area (Å²) in [5.41, 5.74) is 0.958. The van der Waals surface area contributed by atoms with Gasteiger partial charge in [0.25, 0.3) is 0 Å². The third kappa shape index (κ3) is 7.28. The van der Waals surface area contributed by atoms with Crippen molar-refractivity contribution < 1.29 is 9.53 Å². The van der Waals surface area contributed by atoms with E-state index in [9.17, 15) is 4.79 Å². The largest absolute Gasteiger partial charge is 0.381 e. The first-order valence-electron chi connectivity index (χ1n) is 4.15. The van der Waals surface area contributed by atoms with Crippen LogP contribution in [0.5, 0.6) is 0 Å². The minimum Gasteiger partial charge on any atom is -0.381 e. The average Bonchev–Trinajstić information content (AvgIpc) is 2.01. The van der Waals surface area contributed by atoms with E-state index >= 15 is 0 Å². The molecule has 1 amide bonds. The topological polar surface area (TPSA) is 38.3 Å². The quantitative estimate of drug-likeness (QED) is 0.480. The number of hydrogen-bond acceptors (Lipinski definition) is 2. The molecule has 3 heteroatoms. The molecule has 3 nitrogen and oxygen atoms in total. The first-order chi connectivity index (χ1) is 5.66. The van der Waals surface area contributed by atoms with Crippen molar-refractivity contribution in [3.63, 3.8) is 0 Å². The van der Waals surface area contributed by atoms with Crippen LogP contribution >= 0.6 is 0 Å². The molecule has 0 aromatic rings. The van der Waals surface area contributed by atoms with Crippen molar-refractivity contribution in [1.29, 1.82) is 0 Å². The molecule has 0 bridgehead atoms. The molecule has 12 heavy (non-hydrogen) atoms. The van der Waals surface area contributed by atoms with Gasteiger partial charge in [-0.3, -0.25) is 4.79 Å². The highest BCUT2D eigenvalue weighted by molar-refractivity contribution is 5.76. The van der Waals surface area contributed by atoms with Crippen molar-refractivity contribution in [3.05, 3.63) is 12.2 Å². The molecule has 0 saturated heterocycles. The van der Waals surface area contributed by atoms with Gasteiger partial charge in [0.1, 0.15) is 0 Å². The van der Waals surface area contributed by atoms with E-state index in [0.29, 0.717) is 26.2 Å². The van der Waals surface area contributed by atoms with E-state index in [2.05, 4.69) is 11.9 Å². The predicted octanol–water partition coefficient (Wildman–Crippen LogP) is 1.11. The lowest BCUT2D eigenvalue weighted by atomic mass is 10.3. The van der Waals surface area contributed by atoms with Crippen molar-refractivity contribution in [2.24, 2.45) is 0 Å². The Kier molecular flexibility index (Phi) is 6.38. The van der Waals surface area contributed by atoms with E-state index in [4.69, 9.17) is 4.74 Å². The van der Waals surface area contributed by atoms with E-state index in [-0.39, 0.29) is 5.91 Å². The zero-order valence-electron chi connectivity index (χ0n) is 7.85. The lowest BCUT2D eigenvalue weighted by molar-refractivity contribution is -0.121. The summed E-state index contributed by atoms with van der Waals surface area (Å²) < 4.78 is 5.03. The lowest BCUT2D eigenvalue weighted by Gasteiger charge is -2.03. The second-order valence-corrected chi connectivity index (χ2v) is 2.68. The SMILES string of the molecule is C=C(C)CNC(=O)CCOCC. The fraction of sp³-hybridized carbons (Fsp3) is 0.667. The van der Waals surface area contributed by atoms with Crippen molar-refractivity contribution >= 4 is 5.91 Å². The van der Waals surface area contributed by atoms with Crippen LogP contribution in [0.2, 0.25) is 0 Å². The van der Waals surface area contributed by atoms with Crippen LogP contribution in [0, 0.1) is 0 Å². The predicted molar refractivity (Wildman–Crippen MR) is 48.9 cm³/mol. The molecule has 0 unspecified atom stereocenters. The van der Waals surface area contributed by atoms with Gasteiger partial charge in [-0.05, 0) is 13.8 Å². The molecule has 0 aliphatic rings. The van der Waals surface area contributed by atoms with E-state index in [0.717, 1.165) is 5.57 Å². The molecule has 0 rings (SSSR count). The van der Waals surface area contributed by atoms with Crippen LogP contribution < -0.4 is 5.32 Å². The minimum absolute atomic E-state index is 0.0199. The number of carbonyl (C=O) groups excluding carboxylic acids is 1. The monoisotopic (exact) mass is 171 g/mol. The highest BCUT2D eigenvalue weighted by Gasteiger charge is 1.98. The van der Waals surface area contributed by atoms with Gasteiger partial charge in [0.15, 0.2) is 0 Å². The Morgan fingerprint density at radius 3 is 2.75 bits per heavy atom. The van der Waals surface area contributed by atoms with Gasteiger partial charge >= 0.3 is 0 Å². The van der Waals surface area contributed by atoms with Gasteiger partial charge in [-0.15, -0.1) is 0 Å². The maximum atomic E-state index is 11.0. The molecule has 0 aromatic carbocycles. The minimum atomic E-state index is 0.0199. The van der Waals surface area contributed by atoms with E-state index in [1.54, 1.807) is 0 Å². The fourth-order valence-electron chi connectivity index (χ4n) is 0.647. The maximum Gasteiger partial charge on any atom is 0.222 e. The van der Waals surface area contributed by atoms with Crippen LogP contribution in [0.4, 0.5) is 0 Å². The number of rotatable bonds is 6. The molecular weight excluding hydrogens is 154 g/mol. The third-order valence-electron chi connectivity index (χ3n) is 1.26. The summed E-state index contributed by atoms with van der Waals surface area (Å²) >= 11 is 0. The maximum absolute atomic E-state index is 11.0. The molecule has 0 aromatic heterocycles. The first-order valence-corrected chi connectivity index (χ1v) is 4.15. The number of hydrogen-bond donors (Lipinski definition) is 1. The van der Waals surface area contributed by atoms with E-state index in [1.807, 2.05) is 13.8 Å².